The van der Waals surface area contributed by atoms with Gasteiger partial charge in [-0.05, 0) is 19.1 Å². The number of ether oxygens (including phenoxy) is 2. The van der Waals surface area contributed by atoms with Crippen molar-refractivity contribution >= 4 is 17.4 Å². The molecule has 0 spiro atoms. The zero-order valence-corrected chi connectivity index (χ0v) is 12.8. The van der Waals surface area contributed by atoms with Gasteiger partial charge in [0.1, 0.15) is 17.9 Å². The van der Waals surface area contributed by atoms with Gasteiger partial charge in [-0.1, -0.05) is 25.7 Å². The Morgan fingerprint density at radius 3 is 2.81 bits per heavy atom. The van der Waals surface area contributed by atoms with E-state index < -0.39 is 0 Å². The summed E-state index contributed by atoms with van der Waals surface area (Å²) < 4.78 is 9.88. The van der Waals surface area contributed by atoms with Gasteiger partial charge in [-0.2, -0.15) is 5.10 Å². The number of rotatable bonds is 4. The van der Waals surface area contributed by atoms with Crippen molar-refractivity contribution in [3.63, 3.8) is 0 Å². The second kappa shape index (κ2) is 8.64. The number of hydrogen-bond donors (Lipinski definition) is 1. The number of hydrogen-bond acceptors (Lipinski definition) is 4. The van der Waals surface area contributed by atoms with Gasteiger partial charge in [-0.3, -0.25) is 9.89 Å². The van der Waals surface area contributed by atoms with E-state index in [9.17, 15) is 4.79 Å². The summed E-state index contributed by atoms with van der Waals surface area (Å²) >= 11 is 0. The van der Waals surface area contributed by atoms with E-state index in [2.05, 4.69) is 26.8 Å². The van der Waals surface area contributed by atoms with Gasteiger partial charge in [0.25, 0.3) is 6.47 Å². The predicted molar refractivity (Wildman–Crippen MR) is 82.2 cm³/mol. The Morgan fingerprint density at radius 1 is 1.38 bits per heavy atom. The molecule has 21 heavy (non-hydrogen) atoms. The van der Waals surface area contributed by atoms with Crippen molar-refractivity contribution in [2.45, 2.75) is 27.2 Å². The number of aromatic nitrogens is 2. The third-order valence-corrected chi connectivity index (χ3v) is 2.73. The first-order valence-corrected chi connectivity index (χ1v) is 6.83. The summed E-state index contributed by atoms with van der Waals surface area (Å²) in [5, 5.41) is 8.20. The lowest BCUT2D eigenvalue weighted by Crippen LogP contribution is -1.91. The largest absolute Gasteiger partial charge is 0.495 e. The molecule has 0 amide bonds. The van der Waals surface area contributed by atoms with Crippen LogP contribution in [0.3, 0.4) is 0 Å². The summed E-state index contributed by atoms with van der Waals surface area (Å²) in [5.41, 5.74) is 2.53. The Morgan fingerprint density at radius 2 is 2.14 bits per heavy atom. The van der Waals surface area contributed by atoms with Crippen LogP contribution in [0.1, 0.15) is 31.5 Å². The van der Waals surface area contributed by atoms with E-state index >= 15 is 0 Å². The van der Waals surface area contributed by atoms with Crippen LogP contribution in [0.2, 0.25) is 0 Å². The first kappa shape index (κ1) is 16.6. The maximum atomic E-state index is 10.0. The average Bonchev–Trinajstić information content (AvgIpc) is 2.91. The highest BCUT2D eigenvalue weighted by Crippen LogP contribution is 2.27. The number of aryl methyl sites for hydroxylation is 1. The normalized spacial score (nSPS) is 9.14. The van der Waals surface area contributed by atoms with Crippen molar-refractivity contribution in [2.24, 2.45) is 0 Å². The first-order valence-electron chi connectivity index (χ1n) is 6.83. The zero-order chi connectivity index (χ0) is 15.7. The van der Waals surface area contributed by atoms with Crippen LogP contribution in [0.25, 0.3) is 10.9 Å². The summed E-state index contributed by atoms with van der Waals surface area (Å²) in [4.78, 5) is 10.0. The second-order valence-corrected chi connectivity index (χ2v) is 3.91. The Kier molecular flexibility index (Phi) is 6.82. The number of carbonyl (C=O) groups is 1. The highest BCUT2D eigenvalue weighted by Gasteiger charge is 2.10. The lowest BCUT2D eigenvalue weighted by atomic mass is 10.1. The van der Waals surface area contributed by atoms with E-state index in [0.717, 1.165) is 22.2 Å². The minimum absolute atomic E-state index is 0.286. The van der Waals surface area contributed by atoms with Crippen LogP contribution < -0.4 is 4.74 Å². The van der Waals surface area contributed by atoms with E-state index in [0.29, 0.717) is 18.6 Å². The smallest absolute Gasteiger partial charge is 0.293 e. The number of aromatic amines is 1. The van der Waals surface area contributed by atoms with Crippen LogP contribution in [-0.2, 0) is 9.53 Å². The molecule has 1 N–H and O–H groups in total. The van der Waals surface area contributed by atoms with E-state index in [1.165, 1.54) is 0 Å². The highest BCUT2D eigenvalue weighted by atomic mass is 16.5. The fourth-order valence-electron chi connectivity index (χ4n) is 1.79. The van der Waals surface area contributed by atoms with Gasteiger partial charge in [0.15, 0.2) is 0 Å². The van der Waals surface area contributed by atoms with Gasteiger partial charge in [0, 0.05) is 17.5 Å². The molecule has 0 saturated carbocycles. The molecule has 1 aromatic heterocycles. The fourth-order valence-corrected chi connectivity index (χ4v) is 1.79. The molecule has 0 unspecified atom stereocenters. The molecule has 1 aromatic carbocycles. The Balaban J connectivity index is 0.00000106. The van der Waals surface area contributed by atoms with Crippen LogP contribution in [0.15, 0.2) is 12.1 Å². The quantitative estimate of drug-likeness (QED) is 0.534. The molecule has 0 bridgehead atoms. The van der Waals surface area contributed by atoms with Crippen LogP contribution in [0.4, 0.5) is 0 Å². The average molecular weight is 288 g/mol. The maximum absolute atomic E-state index is 10.0. The number of methoxy groups -OCH3 is 1. The van der Waals surface area contributed by atoms with Crippen molar-refractivity contribution in [3.05, 3.63) is 23.4 Å². The highest BCUT2D eigenvalue weighted by molar-refractivity contribution is 5.88. The molecular weight excluding hydrogens is 268 g/mol. The van der Waals surface area contributed by atoms with Crippen molar-refractivity contribution < 1.29 is 14.3 Å². The number of fused-ring (bicyclic) bond motifs is 1. The van der Waals surface area contributed by atoms with Gasteiger partial charge in [0.2, 0.25) is 0 Å². The number of benzene rings is 1. The molecule has 1 heterocycles. The van der Waals surface area contributed by atoms with Crippen molar-refractivity contribution in [3.8, 4) is 17.6 Å². The number of carbonyl (C=O) groups excluding carboxylic acids is 1. The molecule has 112 valence electrons. The summed E-state index contributed by atoms with van der Waals surface area (Å²) in [6, 6.07) is 3.82. The second-order valence-electron chi connectivity index (χ2n) is 3.91. The fraction of sp³-hybridized carbons (Fsp3) is 0.375. The lowest BCUT2D eigenvalue weighted by molar-refractivity contribution is -0.128. The van der Waals surface area contributed by atoms with E-state index in [4.69, 9.17) is 4.74 Å². The predicted octanol–water partition coefficient (Wildman–Crippen LogP) is 2.82. The monoisotopic (exact) mass is 288 g/mol. The number of nitrogens with zero attached hydrogens (tertiary/aromatic N) is 1. The third-order valence-electron chi connectivity index (χ3n) is 2.73. The van der Waals surface area contributed by atoms with Gasteiger partial charge in [-0.15, -0.1) is 0 Å². The summed E-state index contributed by atoms with van der Waals surface area (Å²) in [5.74, 6) is 6.65. The topological polar surface area (TPSA) is 64.2 Å². The van der Waals surface area contributed by atoms with Crippen LogP contribution in [0, 0.1) is 18.8 Å². The molecule has 2 rings (SSSR count). The third kappa shape index (κ3) is 3.99. The van der Waals surface area contributed by atoms with Gasteiger partial charge in [-0.25, -0.2) is 0 Å². The molecule has 0 aliphatic rings. The summed E-state index contributed by atoms with van der Waals surface area (Å²) in [6.45, 7) is 6.66. The Bertz CT molecular complexity index is 651. The van der Waals surface area contributed by atoms with Crippen LogP contribution >= 0.6 is 0 Å². The molecule has 0 fully saturated rings. The lowest BCUT2D eigenvalue weighted by Gasteiger charge is -2.03. The number of H-pyrrole nitrogens is 1. The summed E-state index contributed by atoms with van der Waals surface area (Å²) in [7, 11) is 1.60. The van der Waals surface area contributed by atoms with E-state index in [1.54, 1.807) is 7.11 Å². The Labute approximate surface area is 124 Å². The summed E-state index contributed by atoms with van der Waals surface area (Å²) in [6.07, 6.45) is 0.474. The molecule has 0 saturated heterocycles. The molecular formula is C16H20N2O3. The minimum atomic E-state index is 0.286. The molecule has 5 heteroatoms. The van der Waals surface area contributed by atoms with Gasteiger partial charge < -0.3 is 9.47 Å². The molecule has 0 aliphatic carbocycles. The van der Waals surface area contributed by atoms with Crippen LogP contribution in [-0.4, -0.2) is 30.4 Å². The van der Waals surface area contributed by atoms with Gasteiger partial charge in [0.05, 0.1) is 12.7 Å². The molecule has 2 aromatic rings. The SMILES string of the molecule is CC.COc1ccc2c(C)[nH]nc2c1C#CCCOC=O. The molecule has 0 radical (unpaired) electrons. The van der Waals surface area contributed by atoms with Crippen LogP contribution in [0.5, 0.6) is 5.75 Å². The van der Waals surface area contributed by atoms with Crippen molar-refractivity contribution in [1.29, 1.82) is 0 Å². The van der Waals surface area contributed by atoms with E-state index in [-0.39, 0.29) is 6.61 Å². The molecule has 0 atom stereocenters. The minimum Gasteiger partial charge on any atom is -0.495 e. The number of nitrogens with one attached hydrogen (secondary N) is 1. The first-order chi connectivity index (χ1) is 10.3. The molecule has 5 nitrogen and oxygen atoms in total. The van der Waals surface area contributed by atoms with Crippen molar-refractivity contribution in [2.75, 3.05) is 13.7 Å². The maximum Gasteiger partial charge on any atom is 0.293 e. The van der Waals surface area contributed by atoms with E-state index in [1.807, 2.05) is 32.9 Å². The zero-order valence-electron chi connectivity index (χ0n) is 12.8. The Hall–Kier alpha value is -2.48. The van der Waals surface area contributed by atoms with Gasteiger partial charge >= 0.3 is 0 Å². The molecule has 0 aliphatic heterocycles. The standard InChI is InChI=1S/C14H14N2O3.C2H6/c1-10-11-6-7-13(18-2)12(14(11)16-15-10)5-3-4-8-19-9-17;1-2/h6-7,9H,4,8H2,1-2H3,(H,15,16);1-2H3. The van der Waals surface area contributed by atoms with Crippen molar-refractivity contribution in [1.82, 2.24) is 10.2 Å².